The maximum absolute atomic E-state index is 5.26. The summed E-state index contributed by atoms with van der Waals surface area (Å²) < 4.78 is 2.60. The summed E-state index contributed by atoms with van der Waals surface area (Å²) in [5.74, 6) is 0.715. The summed E-state index contributed by atoms with van der Waals surface area (Å²) >= 11 is 1.85. The van der Waals surface area contributed by atoms with E-state index >= 15 is 0 Å². The molecule has 1 unspecified atom stereocenters. The van der Waals surface area contributed by atoms with Crippen LogP contribution in [0.4, 0.5) is 0 Å². The van der Waals surface area contributed by atoms with E-state index in [1.165, 1.54) is 53.6 Å². The van der Waals surface area contributed by atoms with Crippen molar-refractivity contribution < 1.29 is 0 Å². The lowest BCUT2D eigenvalue weighted by atomic mass is 9.74. The van der Waals surface area contributed by atoms with Crippen molar-refractivity contribution in [3.63, 3.8) is 0 Å². The summed E-state index contributed by atoms with van der Waals surface area (Å²) in [6.07, 6.45) is 0. The van der Waals surface area contributed by atoms with Gasteiger partial charge >= 0.3 is 0 Å². The number of benzene rings is 7. The number of fused-ring (bicyclic) bond motifs is 6. The lowest BCUT2D eigenvalue weighted by molar-refractivity contribution is 0.714. The van der Waals surface area contributed by atoms with Crippen molar-refractivity contribution in [3.8, 4) is 56.2 Å². The molecule has 3 heteroatoms. The van der Waals surface area contributed by atoms with Crippen LogP contribution in [0.2, 0.25) is 0 Å². The molecule has 0 spiro atoms. The summed E-state index contributed by atoms with van der Waals surface area (Å²) in [5, 5.41) is 2.61. The Balaban J connectivity index is 1.16. The standard InChI is InChI=1S/C48H32N2S/c1-48(34-16-6-3-7-17-34)41-22-12-10-19-36(41)37-26-25-33(28-42(37)48)43-30-44(50-47(49-43)31-14-4-2-5-15-31)38-20-9-8-18-35(38)32-24-27-40-39-21-11-13-23-45(39)51-46(40)29-32/h2-30H,1H3. The molecule has 0 aliphatic heterocycles. The SMILES string of the molecule is CC1(c2ccccc2)c2ccccc2-c2ccc(-c3cc(-c4ccccc4-c4ccc5c(c4)sc4ccccc45)nc(-c4ccccc4)n3)cc21. The van der Waals surface area contributed by atoms with E-state index in [1.807, 2.05) is 17.4 Å². The molecular weight excluding hydrogens is 637 g/mol. The van der Waals surface area contributed by atoms with Crippen molar-refractivity contribution in [2.75, 3.05) is 0 Å². The number of rotatable bonds is 5. The minimum atomic E-state index is -0.293. The van der Waals surface area contributed by atoms with Gasteiger partial charge in [0.25, 0.3) is 0 Å². The smallest absolute Gasteiger partial charge is 0.160 e. The van der Waals surface area contributed by atoms with Gasteiger partial charge in [-0.3, -0.25) is 0 Å². The van der Waals surface area contributed by atoms with Crippen LogP contribution < -0.4 is 0 Å². The Morgan fingerprint density at radius 3 is 1.88 bits per heavy atom. The van der Waals surface area contributed by atoms with E-state index in [2.05, 4.69) is 177 Å². The second-order valence-electron chi connectivity index (χ2n) is 13.5. The van der Waals surface area contributed by atoms with Crippen molar-refractivity contribution >= 4 is 31.5 Å². The van der Waals surface area contributed by atoms with E-state index in [1.54, 1.807) is 0 Å². The Kier molecular flexibility index (Phi) is 6.83. The molecule has 0 fully saturated rings. The molecule has 10 rings (SSSR count). The zero-order chi connectivity index (χ0) is 33.9. The predicted octanol–water partition coefficient (Wildman–Crippen LogP) is 12.8. The predicted molar refractivity (Wildman–Crippen MR) is 214 cm³/mol. The molecule has 1 atom stereocenters. The molecule has 2 heterocycles. The fourth-order valence-electron chi connectivity index (χ4n) is 8.03. The highest BCUT2D eigenvalue weighted by Crippen LogP contribution is 2.53. The van der Waals surface area contributed by atoms with Crippen LogP contribution >= 0.6 is 11.3 Å². The fourth-order valence-corrected chi connectivity index (χ4v) is 9.18. The molecular formula is C48H32N2S. The number of hydrogen-bond donors (Lipinski definition) is 0. The van der Waals surface area contributed by atoms with Gasteiger partial charge < -0.3 is 0 Å². The highest BCUT2D eigenvalue weighted by molar-refractivity contribution is 7.25. The molecule has 0 saturated carbocycles. The summed E-state index contributed by atoms with van der Waals surface area (Å²) in [7, 11) is 0. The first-order chi connectivity index (χ1) is 25.1. The highest BCUT2D eigenvalue weighted by Gasteiger charge is 2.40. The van der Waals surface area contributed by atoms with Crippen LogP contribution in [0, 0.1) is 0 Å². The average Bonchev–Trinajstić information content (AvgIpc) is 3.71. The quantitative estimate of drug-likeness (QED) is 0.182. The van der Waals surface area contributed by atoms with Crippen molar-refractivity contribution in [2.24, 2.45) is 0 Å². The first kappa shape index (κ1) is 29.7. The third kappa shape index (κ3) is 4.77. The van der Waals surface area contributed by atoms with E-state index in [4.69, 9.17) is 9.97 Å². The molecule has 9 aromatic rings. The van der Waals surface area contributed by atoms with E-state index in [0.717, 1.165) is 33.6 Å². The zero-order valence-electron chi connectivity index (χ0n) is 28.0. The van der Waals surface area contributed by atoms with E-state index in [-0.39, 0.29) is 5.41 Å². The lowest BCUT2D eigenvalue weighted by Gasteiger charge is -2.28. The van der Waals surface area contributed by atoms with E-state index < -0.39 is 0 Å². The molecule has 7 aromatic carbocycles. The van der Waals surface area contributed by atoms with Crippen molar-refractivity contribution in [2.45, 2.75) is 12.3 Å². The first-order valence-electron chi connectivity index (χ1n) is 17.4. The monoisotopic (exact) mass is 668 g/mol. The van der Waals surface area contributed by atoms with Crippen LogP contribution in [0.3, 0.4) is 0 Å². The first-order valence-corrected chi connectivity index (χ1v) is 18.2. The maximum Gasteiger partial charge on any atom is 0.160 e. The van der Waals surface area contributed by atoms with Crippen LogP contribution in [0.1, 0.15) is 23.6 Å². The van der Waals surface area contributed by atoms with Gasteiger partial charge in [-0.2, -0.15) is 0 Å². The highest BCUT2D eigenvalue weighted by atomic mass is 32.1. The van der Waals surface area contributed by atoms with Crippen molar-refractivity contribution in [3.05, 3.63) is 193 Å². The minimum Gasteiger partial charge on any atom is -0.228 e. The number of hydrogen-bond acceptors (Lipinski definition) is 3. The Hall–Kier alpha value is -6.16. The molecule has 1 aliphatic rings. The van der Waals surface area contributed by atoms with Gasteiger partial charge in [0.15, 0.2) is 5.82 Å². The van der Waals surface area contributed by atoms with Gasteiger partial charge in [0.05, 0.1) is 11.4 Å². The Morgan fingerprint density at radius 1 is 0.412 bits per heavy atom. The van der Waals surface area contributed by atoms with Crippen molar-refractivity contribution in [1.82, 2.24) is 9.97 Å². The Bertz CT molecular complexity index is 2760. The molecule has 1 aliphatic carbocycles. The molecule has 240 valence electrons. The molecule has 0 N–H and O–H groups in total. The summed E-state index contributed by atoms with van der Waals surface area (Å²) in [6, 6.07) is 63.3. The topological polar surface area (TPSA) is 25.8 Å². The Morgan fingerprint density at radius 2 is 1.04 bits per heavy atom. The second-order valence-corrected chi connectivity index (χ2v) is 14.6. The van der Waals surface area contributed by atoms with Crippen LogP contribution in [0.5, 0.6) is 0 Å². The molecule has 2 aromatic heterocycles. The van der Waals surface area contributed by atoms with Gasteiger partial charge in [-0.05, 0) is 70.1 Å². The second kappa shape index (κ2) is 11.7. The fraction of sp³-hybridized carbons (Fsp3) is 0.0417. The van der Waals surface area contributed by atoms with Gasteiger partial charge in [-0.15, -0.1) is 11.3 Å². The number of thiophene rings is 1. The van der Waals surface area contributed by atoms with Gasteiger partial charge in [-0.25, -0.2) is 9.97 Å². The van der Waals surface area contributed by atoms with E-state index in [0.29, 0.717) is 5.82 Å². The summed E-state index contributed by atoms with van der Waals surface area (Å²) in [4.78, 5) is 10.5. The molecule has 0 radical (unpaired) electrons. The van der Waals surface area contributed by atoms with Crippen LogP contribution in [0.25, 0.3) is 76.3 Å². The maximum atomic E-state index is 5.26. The third-order valence-corrected chi connectivity index (χ3v) is 11.7. The minimum absolute atomic E-state index is 0.293. The molecule has 51 heavy (non-hydrogen) atoms. The third-order valence-electron chi connectivity index (χ3n) is 10.6. The summed E-state index contributed by atoms with van der Waals surface area (Å²) in [6.45, 7) is 2.36. The zero-order valence-corrected chi connectivity index (χ0v) is 28.9. The van der Waals surface area contributed by atoms with Crippen LogP contribution in [-0.2, 0) is 5.41 Å². The normalized spacial score (nSPS) is 14.8. The van der Waals surface area contributed by atoms with Gasteiger partial charge in [0.1, 0.15) is 0 Å². The molecule has 0 saturated heterocycles. The molecule has 0 amide bonds. The van der Waals surface area contributed by atoms with Crippen LogP contribution in [-0.4, -0.2) is 9.97 Å². The lowest BCUT2D eigenvalue weighted by Crippen LogP contribution is -2.22. The molecule has 0 bridgehead atoms. The van der Waals surface area contributed by atoms with Crippen LogP contribution in [0.15, 0.2) is 176 Å². The average molecular weight is 669 g/mol. The van der Waals surface area contributed by atoms with Gasteiger partial charge in [0, 0.05) is 42.3 Å². The van der Waals surface area contributed by atoms with Gasteiger partial charge in [0.2, 0.25) is 0 Å². The Labute approximate surface area is 301 Å². The van der Waals surface area contributed by atoms with E-state index in [9.17, 15) is 0 Å². The number of aromatic nitrogens is 2. The number of nitrogens with zero attached hydrogens (tertiary/aromatic N) is 2. The van der Waals surface area contributed by atoms with Gasteiger partial charge in [-0.1, -0.05) is 152 Å². The van der Waals surface area contributed by atoms with Crippen molar-refractivity contribution in [1.29, 1.82) is 0 Å². The molecule has 2 nitrogen and oxygen atoms in total. The summed E-state index contributed by atoms with van der Waals surface area (Å²) in [5.41, 5.74) is 13.5. The largest absolute Gasteiger partial charge is 0.228 e.